The molecule has 0 aliphatic carbocycles. The lowest BCUT2D eigenvalue weighted by Gasteiger charge is -2.12. The van der Waals surface area contributed by atoms with Gasteiger partial charge in [-0.3, -0.25) is 4.79 Å². The second kappa shape index (κ2) is 9.01. The molecular weight excluding hydrogens is 375 g/mol. The van der Waals surface area contributed by atoms with Crippen molar-refractivity contribution in [1.82, 2.24) is 9.97 Å². The van der Waals surface area contributed by atoms with E-state index in [0.29, 0.717) is 35.4 Å². The van der Waals surface area contributed by atoms with E-state index < -0.39 is 5.91 Å². The normalized spacial score (nSPS) is 10.3. The number of methoxy groups -OCH3 is 2. The van der Waals surface area contributed by atoms with E-state index in [0.717, 1.165) is 5.56 Å². The number of benzene rings is 2. The van der Waals surface area contributed by atoms with E-state index >= 15 is 0 Å². The number of hydrogen-bond donors (Lipinski definition) is 2. The van der Waals surface area contributed by atoms with Gasteiger partial charge in [0.2, 0.25) is 0 Å². The Balaban J connectivity index is 1.74. The third-order valence-electron chi connectivity index (χ3n) is 4.11. The molecule has 3 rings (SSSR count). The third-order valence-corrected chi connectivity index (χ3v) is 4.11. The molecular formula is C21H21FN4O3. The smallest absolute Gasteiger partial charge is 0.274 e. The minimum atomic E-state index is -0.399. The molecule has 1 aromatic heterocycles. The van der Waals surface area contributed by atoms with Crippen LogP contribution in [0.5, 0.6) is 11.5 Å². The van der Waals surface area contributed by atoms with Crippen molar-refractivity contribution >= 4 is 17.4 Å². The van der Waals surface area contributed by atoms with E-state index in [2.05, 4.69) is 20.6 Å². The SMILES string of the molecule is COc1ccc(NC(=O)c2cc(NCc3ccc(F)cc3)nc(C)n2)c(OC)c1. The fraction of sp³-hybridized carbons (Fsp3) is 0.190. The van der Waals surface area contributed by atoms with E-state index in [1.54, 1.807) is 50.4 Å². The minimum absolute atomic E-state index is 0.206. The topological polar surface area (TPSA) is 85.4 Å². The number of amides is 1. The molecule has 0 aliphatic rings. The summed E-state index contributed by atoms with van der Waals surface area (Å²) in [5.41, 5.74) is 1.59. The molecule has 29 heavy (non-hydrogen) atoms. The van der Waals surface area contributed by atoms with Crippen molar-refractivity contribution in [2.75, 3.05) is 24.9 Å². The summed E-state index contributed by atoms with van der Waals surface area (Å²) in [6.07, 6.45) is 0. The number of aryl methyl sites for hydroxylation is 1. The van der Waals surface area contributed by atoms with Crippen LogP contribution in [0, 0.1) is 12.7 Å². The molecule has 0 atom stereocenters. The van der Waals surface area contributed by atoms with Crippen LogP contribution >= 0.6 is 0 Å². The highest BCUT2D eigenvalue weighted by Crippen LogP contribution is 2.29. The number of hydrogen-bond acceptors (Lipinski definition) is 6. The Morgan fingerprint density at radius 2 is 1.79 bits per heavy atom. The third kappa shape index (κ3) is 5.19. The van der Waals surface area contributed by atoms with E-state index in [4.69, 9.17) is 9.47 Å². The Bertz CT molecular complexity index is 1010. The standard InChI is InChI=1S/C21H21FN4O3/c1-13-24-18(11-20(25-13)23-12-14-4-6-15(22)7-5-14)21(27)26-17-9-8-16(28-2)10-19(17)29-3/h4-11H,12H2,1-3H3,(H,26,27)(H,23,24,25). The van der Waals surface area contributed by atoms with Gasteiger partial charge < -0.3 is 20.1 Å². The summed E-state index contributed by atoms with van der Waals surface area (Å²) >= 11 is 0. The van der Waals surface area contributed by atoms with Crippen molar-refractivity contribution < 1.29 is 18.7 Å². The molecule has 0 radical (unpaired) electrons. The molecule has 150 valence electrons. The van der Waals surface area contributed by atoms with Gasteiger partial charge in [-0.25, -0.2) is 14.4 Å². The zero-order chi connectivity index (χ0) is 20.8. The average molecular weight is 396 g/mol. The summed E-state index contributed by atoms with van der Waals surface area (Å²) in [4.78, 5) is 21.2. The van der Waals surface area contributed by atoms with Crippen molar-refractivity contribution in [2.45, 2.75) is 13.5 Å². The maximum atomic E-state index is 13.0. The molecule has 0 saturated carbocycles. The van der Waals surface area contributed by atoms with Crippen LogP contribution in [-0.4, -0.2) is 30.1 Å². The van der Waals surface area contributed by atoms with Crippen molar-refractivity contribution in [2.24, 2.45) is 0 Å². The number of carbonyl (C=O) groups excluding carboxylic acids is 1. The number of rotatable bonds is 7. The second-order valence-corrected chi connectivity index (χ2v) is 6.19. The molecule has 7 nitrogen and oxygen atoms in total. The molecule has 0 aliphatic heterocycles. The van der Waals surface area contributed by atoms with E-state index in [-0.39, 0.29) is 11.5 Å². The van der Waals surface area contributed by atoms with Crippen LogP contribution in [0.4, 0.5) is 15.9 Å². The molecule has 8 heteroatoms. The average Bonchev–Trinajstić information content (AvgIpc) is 2.73. The fourth-order valence-corrected chi connectivity index (χ4v) is 2.66. The van der Waals surface area contributed by atoms with Gasteiger partial charge in [0.25, 0.3) is 5.91 Å². The van der Waals surface area contributed by atoms with Gasteiger partial charge in [-0.1, -0.05) is 12.1 Å². The van der Waals surface area contributed by atoms with Crippen LogP contribution in [0.15, 0.2) is 48.5 Å². The number of ether oxygens (including phenoxy) is 2. The van der Waals surface area contributed by atoms with Gasteiger partial charge in [0.05, 0.1) is 19.9 Å². The van der Waals surface area contributed by atoms with Gasteiger partial charge in [0.15, 0.2) is 0 Å². The van der Waals surface area contributed by atoms with Crippen molar-refractivity contribution in [3.05, 3.63) is 71.4 Å². The summed E-state index contributed by atoms with van der Waals surface area (Å²) in [6.45, 7) is 2.14. The first-order valence-electron chi connectivity index (χ1n) is 8.86. The number of nitrogens with one attached hydrogen (secondary N) is 2. The summed E-state index contributed by atoms with van der Waals surface area (Å²) in [7, 11) is 3.06. The zero-order valence-electron chi connectivity index (χ0n) is 16.3. The highest BCUT2D eigenvalue weighted by atomic mass is 19.1. The van der Waals surface area contributed by atoms with Gasteiger partial charge in [0, 0.05) is 18.7 Å². The maximum absolute atomic E-state index is 13.0. The molecule has 2 aromatic carbocycles. The van der Waals surface area contributed by atoms with Gasteiger partial charge in [0.1, 0.15) is 34.7 Å². The fourth-order valence-electron chi connectivity index (χ4n) is 2.66. The Kier molecular flexibility index (Phi) is 6.23. The van der Waals surface area contributed by atoms with E-state index in [1.807, 2.05) is 0 Å². The number of anilines is 2. The van der Waals surface area contributed by atoms with Crippen LogP contribution in [0.1, 0.15) is 21.9 Å². The van der Waals surface area contributed by atoms with Crippen LogP contribution in [-0.2, 0) is 6.54 Å². The van der Waals surface area contributed by atoms with Crippen molar-refractivity contribution in [3.63, 3.8) is 0 Å². The van der Waals surface area contributed by atoms with E-state index in [9.17, 15) is 9.18 Å². The Labute approximate surface area is 167 Å². The lowest BCUT2D eigenvalue weighted by atomic mass is 10.2. The molecule has 2 N–H and O–H groups in total. The summed E-state index contributed by atoms with van der Waals surface area (Å²) < 4.78 is 23.5. The quantitative estimate of drug-likeness (QED) is 0.632. The van der Waals surface area contributed by atoms with Crippen LogP contribution in [0.3, 0.4) is 0 Å². The molecule has 1 heterocycles. The maximum Gasteiger partial charge on any atom is 0.274 e. The number of aromatic nitrogens is 2. The number of halogens is 1. The molecule has 0 unspecified atom stereocenters. The molecule has 0 spiro atoms. The largest absolute Gasteiger partial charge is 0.497 e. The molecule has 3 aromatic rings. The zero-order valence-corrected chi connectivity index (χ0v) is 16.3. The molecule has 0 bridgehead atoms. The predicted octanol–water partition coefficient (Wildman–Crippen LogP) is 3.81. The summed E-state index contributed by atoms with van der Waals surface area (Å²) in [5.74, 6) is 1.33. The monoisotopic (exact) mass is 396 g/mol. The number of carbonyl (C=O) groups is 1. The van der Waals surface area contributed by atoms with Gasteiger partial charge in [-0.15, -0.1) is 0 Å². The highest BCUT2D eigenvalue weighted by Gasteiger charge is 2.14. The molecule has 0 fully saturated rings. The molecule has 1 amide bonds. The van der Waals surface area contributed by atoms with Crippen LogP contribution < -0.4 is 20.1 Å². The highest BCUT2D eigenvalue weighted by molar-refractivity contribution is 6.04. The first-order valence-corrected chi connectivity index (χ1v) is 8.86. The lowest BCUT2D eigenvalue weighted by Crippen LogP contribution is -2.16. The minimum Gasteiger partial charge on any atom is -0.497 e. The Morgan fingerprint density at radius 1 is 1.03 bits per heavy atom. The van der Waals surface area contributed by atoms with Crippen LogP contribution in [0.2, 0.25) is 0 Å². The Hall–Kier alpha value is -3.68. The van der Waals surface area contributed by atoms with Gasteiger partial charge in [-0.05, 0) is 36.8 Å². The second-order valence-electron chi connectivity index (χ2n) is 6.19. The number of nitrogens with zero attached hydrogens (tertiary/aromatic N) is 2. The summed E-state index contributed by atoms with van der Waals surface area (Å²) in [5, 5.41) is 5.91. The van der Waals surface area contributed by atoms with Gasteiger partial charge in [-0.2, -0.15) is 0 Å². The summed E-state index contributed by atoms with van der Waals surface area (Å²) in [6, 6.07) is 12.8. The first-order chi connectivity index (χ1) is 14.0. The van der Waals surface area contributed by atoms with Gasteiger partial charge >= 0.3 is 0 Å². The van der Waals surface area contributed by atoms with E-state index in [1.165, 1.54) is 19.2 Å². The van der Waals surface area contributed by atoms with Crippen molar-refractivity contribution in [1.29, 1.82) is 0 Å². The molecule has 0 saturated heterocycles. The Morgan fingerprint density at radius 3 is 2.48 bits per heavy atom. The van der Waals surface area contributed by atoms with Crippen LogP contribution in [0.25, 0.3) is 0 Å². The predicted molar refractivity (Wildman–Crippen MR) is 108 cm³/mol. The lowest BCUT2D eigenvalue weighted by molar-refractivity contribution is 0.102. The first kappa shape index (κ1) is 20.1. The van der Waals surface area contributed by atoms with Crippen molar-refractivity contribution in [3.8, 4) is 11.5 Å².